The molecule has 0 radical (unpaired) electrons. The number of carbonyl (C=O) groups is 2. The van der Waals surface area contributed by atoms with E-state index in [-0.39, 0.29) is 11.3 Å². The summed E-state index contributed by atoms with van der Waals surface area (Å²) in [6.07, 6.45) is -3.80. The maximum atomic E-state index is 12.3. The number of amides is 1. The zero-order valence-corrected chi connectivity index (χ0v) is 11.4. The summed E-state index contributed by atoms with van der Waals surface area (Å²) < 4.78 is 34.5. The van der Waals surface area contributed by atoms with Crippen molar-refractivity contribution in [3.05, 3.63) is 23.8 Å². The standard InChI is InChI=1S/C13H15F2NO5/c1-20-9-4-3-7(5-10(9)21-2)12(17)16-8(13(18)19)6-11(14)15/h3-5,8,11H,6H2,1-2H3,(H,16,17)(H,18,19). The first kappa shape index (κ1) is 16.7. The molecule has 0 aliphatic rings. The van der Waals surface area contributed by atoms with Crippen LogP contribution < -0.4 is 14.8 Å². The largest absolute Gasteiger partial charge is 0.493 e. The zero-order valence-electron chi connectivity index (χ0n) is 11.4. The van der Waals surface area contributed by atoms with Crippen LogP contribution in [0.25, 0.3) is 0 Å². The summed E-state index contributed by atoms with van der Waals surface area (Å²) in [7, 11) is 2.79. The third kappa shape index (κ3) is 4.59. The third-order valence-corrected chi connectivity index (χ3v) is 2.66. The first-order valence-electron chi connectivity index (χ1n) is 5.92. The topological polar surface area (TPSA) is 84.9 Å². The fourth-order valence-electron chi connectivity index (χ4n) is 1.62. The number of benzene rings is 1. The maximum absolute atomic E-state index is 12.3. The Morgan fingerprint density at radius 1 is 1.24 bits per heavy atom. The highest BCUT2D eigenvalue weighted by atomic mass is 19.3. The van der Waals surface area contributed by atoms with Gasteiger partial charge in [0, 0.05) is 12.0 Å². The smallest absolute Gasteiger partial charge is 0.326 e. The van der Waals surface area contributed by atoms with Gasteiger partial charge in [-0.2, -0.15) is 0 Å². The molecule has 0 saturated carbocycles. The van der Waals surface area contributed by atoms with E-state index in [2.05, 4.69) is 0 Å². The van der Waals surface area contributed by atoms with Crippen molar-refractivity contribution in [1.29, 1.82) is 0 Å². The number of nitrogens with one attached hydrogen (secondary N) is 1. The van der Waals surface area contributed by atoms with E-state index in [4.69, 9.17) is 14.6 Å². The van der Waals surface area contributed by atoms with E-state index < -0.39 is 30.8 Å². The third-order valence-electron chi connectivity index (χ3n) is 2.66. The highest BCUT2D eigenvalue weighted by Gasteiger charge is 2.25. The second-order valence-electron chi connectivity index (χ2n) is 4.06. The van der Waals surface area contributed by atoms with E-state index >= 15 is 0 Å². The normalized spacial score (nSPS) is 11.9. The predicted octanol–water partition coefficient (Wildman–Crippen LogP) is 1.54. The minimum atomic E-state index is -2.84. The average Bonchev–Trinajstić information content (AvgIpc) is 2.45. The van der Waals surface area contributed by atoms with Gasteiger partial charge in [-0.25, -0.2) is 13.6 Å². The van der Waals surface area contributed by atoms with Crippen molar-refractivity contribution >= 4 is 11.9 Å². The molecule has 8 heteroatoms. The molecular weight excluding hydrogens is 288 g/mol. The van der Waals surface area contributed by atoms with Gasteiger partial charge in [0.15, 0.2) is 11.5 Å². The highest BCUT2D eigenvalue weighted by Crippen LogP contribution is 2.27. The number of ether oxygens (including phenoxy) is 2. The number of carbonyl (C=O) groups excluding carboxylic acids is 1. The second-order valence-corrected chi connectivity index (χ2v) is 4.06. The summed E-state index contributed by atoms with van der Waals surface area (Å²) in [4.78, 5) is 22.7. The van der Waals surface area contributed by atoms with Gasteiger partial charge in [0.05, 0.1) is 14.2 Å². The van der Waals surface area contributed by atoms with Crippen LogP contribution in [-0.2, 0) is 4.79 Å². The maximum Gasteiger partial charge on any atom is 0.326 e. The van der Waals surface area contributed by atoms with Gasteiger partial charge in [0.2, 0.25) is 6.43 Å². The molecule has 116 valence electrons. The molecule has 1 aromatic rings. The summed E-state index contributed by atoms with van der Waals surface area (Å²) in [5.74, 6) is -1.66. The molecule has 2 N–H and O–H groups in total. The van der Waals surface area contributed by atoms with Crippen LogP contribution in [0.1, 0.15) is 16.8 Å². The van der Waals surface area contributed by atoms with Crippen LogP contribution in [-0.4, -0.2) is 43.7 Å². The van der Waals surface area contributed by atoms with Crippen molar-refractivity contribution in [1.82, 2.24) is 5.32 Å². The zero-order chi connectivity index (χ0) is 16.0. The molecule has 1 amide bonds. The number of carboxylic acid groups (broad SMARTS) is 1. The number of alkyl halides is 2. The molecule has 1 rings (SSSR count). The lowest BCUT2D eigenvalue weighted by molar-refractivity contribution is -0.140. The van der Waals surface area contributed by atoms with Gasteiger partial charge >= 0.3 is 5.97 Å². The summed E-state index contributed by atoms with van der Waals surface area (Å²) in [5, 5.41) is 10.8. The molecule has 0 aliphatic carbocycles. The fraction of sp³-hybridized carbons (Fsp3) is 0.385. The van der Waals surface area contributed by atoms with E-state index in [0.717, 1.165) is 0 Å². The molecular formula is C13H15F2NO5. The molecule has 0 bridgehead atoms. The first-order valence-corrected chi connectivity index (χ1v) is 5.92. The van der Waals surface area contributed by atoms with E-state index in [1.54, 1.807) is 0 Å². The van der Waals surface area contributed by atoms with Crippen LogP contribution >= 0.6 is 0 Å². The van der Waals surface area contributed by atoms with Gasteiger partial charge in [0.1, 0.15) is 6.04 Å². The molecule has 0 aromatic heterocycles. The van der Waals surface area contributed by atoms with E-state index in [1.165, 1.54) is 32.4 Å². The molecule has 1 aromatic carbocycles. The van der Waals surface area contributed by atoms with Gasteiger partial charge in [-0.05, 0) is 18.2 Å². The first-order chi connectivity index (χ1) is 9.88. The second kappa shape index (κ2) is 7.41. The number of carboxylic acids is 1. The van der Waals surface area contributed by atoms with Crippen LogP contribution in [0.3, 0.4) is 0 Å². The van der Waals surface area contributed by atoms with Crippen molar-refractivity contribution in [3.8, 4) is 11.5 Å². The number of methoxy groups -OCH3 is 2. The molecule has 0 spiro atoms. The highest BCUT2D eigenvalue weighted by molar-refractivity contribution is 5.97. The summed E-state index contributed by atoms with van der Waals surface area (Å²) in [6.45, 7) is 0. The Morgan fingerprint density at radius 3 is 2.33 bits per heavy atom. The Hall–Kier alpha value is -2.38. The molecule has 0 fully saturated rings. The number of halogens is 2. The van der Waals surface area contributed by atoms with Crippen LogP contribution in [0.4, 0.5) is 8.78 Å². The van der Waals surface area contributed by atoms with Gasteiger partial charge in [-0.3, -0.25) is 4.79 Å². The number of hydrogen-bond donors (Lipinski definition) is 2. The van der Waals surface area contributed by atoms with Gasteiger partial charge in [-0.1, -0.05) is 0 Å². The van der Waals surface area contributed by atoms with Crippen molar-refractivity contribution in [2.45, 2.75) is 18.9 Å². The Morgan fingerprint density at radius 2 is 1.86 bits per heavy atom. The van der Waals surface area contributed by atoms with Crippen LogP contribution in [0.15, 0.2) is 18.2 Å². The Kier molecular flexibility index (Phi) is 5.89. The lowest BCUT2D eigenvalue weighted by atomic mass is 10.1. The molecule has 21 heavy (non-hydrogen) atoms. The Bertz CT molecular complexity index is 521. The minimum Gasteiger partial charge on any atom is -0.493 e. The monoisotopic (exact) mass is 303 g/mol. The Labute approximate surface area is 119 Å². The van der Waals surface area contributed by atoms with Crippen LogP contribution in [0, 0.1) is 0 Å². The Balaban J connectivity index is 2.89. The van der Waals surface area contributed by atoms with Gasteiger partial charge in [0.25, 0.3) is 5.91 Å². The number of rotatable bonds is 7. The quantitative estimate of drug-likeness (QED) is 0.798. The fourth-order valence-corrected chi connectivity index (χ4v) is 1.62. The summed E-state index contributed by atoms with van der Waals surface area (Å²) >= 11 is 0. The molecule has 0 aliphatic heterocycles. The van der Waals surface area contributed by atoms with Crippen molar-refractivity contribution < 1.29 is 33.0 Å². The molecule has 6 nitrogen and oxygen atoms in total. The van der Waals surface area contributed by atoms with E-state index in [9.17, 15) is 18.4 Å². The van der Waals surface area contributed by atoms with Crippen molar-refractivity contribution in [2.75, 3.05) is 14.2 Å². The van der Waals surface area contributed by atoms with E-state index in [0.29, 0.717) is 5.75 Å². The van der Waals surface area contributed by atoms with Gasteiger partial charge < -0.3 is 19.9 Å². The molecule has 1 atom stereocenters. The van der Waals surface area contributed by atoms with Crippen LogP contribution in [0.2, 0.25) is 0 Å². The van der Waals surface area contributed by atoms with Gasteiger partial charge in [-0.15, -0.1) is 0 Å². The molecule has 0 heterocycles. The molecule has 0 saturated heterocycles. The van der Waals surface area contributed by atoms with Crippen molar-refractivity contribution in [3.63, 3.8) is 0 Å². The lowest BCUT2D eigenvalue weighted by Gasteiger charge is -2.15. The minimum absolute atomic E-state index is 0.0770. The summed E-state index contributed by atoms with van der Waals surface area (Å²) in [5.41, 5.74) is 0.0770. The number of aliphatic carboxylic acids is 1. The molecule has 1 unspecified atom stereocenters. The lowest BCUT2D eigenvalue weighted by Crippen LogP contribution is -2.42. The van der Waals surface area contributed by atoms with Crippen molar-refractivity contribution in [2.24, 2.45) is 0 Å². The van der Waals surface area contributed by atoms with E-state index in [1.807, 2.05) is 5.32 Å². The number of hydrogen-bond acceptors (Lipinski definition) is 4. The summed E-state index contributed by atoms with van der Waals surface area (Å²) in [6, 6.07) is 2.50. The average molecular weight is 303 g/mol. The predicted molar refractivity (Wildman–Crippen MR) is 69.1 cm³/mol. The SMILES string of the molecule is COc1ccc(C(=O)NC(CC(F)F)C(=O)O)cc1OC. The van der Waals surface area contributed by atoms with Crippen LogP contribution in [0.5, 0.6) is 11.5 Å².